The molecule has 0 amide bonds. The van der Waals surface area contributed by atoms with Gasteiger partial charge in [0.1, 0.15) is 18.1 Å². The molecule has 3 heterocycles. The van der Waals surface area contributed by atoms with Gasteiger partial charge in [-0.25, -0.2) is 4.98 Å². The van der Waals surface area contributed by atoms with Crippen molar-refractivity contribution in [3.05, 3.63) is 64.7 Å². The lowest BCUT2D eigenvalue weighted by Gasteiger charge is -2.11. The number of hydrogen-bond acceptors (Lipinski definition) is 7. The van der Waals surface area contributed by atoms with E-state index in [2.05, 4.69) is 15.0 Å². The van der Waals surface area contributed by atoms with Crippen LogP contribution in [0.3, 0.4) is 0 Å². The molecule has 3 aromatic heterocycles. The van der Waals surface area contributed by atoms with E-state index in [0.717, 1.165) is 22.4 Å². The fourth-order valence-electron chi connectivity index (χ4n) is 3.42. The number of rotatable bonds is 8. The molecule has 0 saturated heterocycles. The Labute approximate surface area is 178 Å². The Bertz CT molecular complexity index is 1160. The molecule has 1 aliphatic rings. The molecule has 3 aromatic rings. The monoisotopic (exact) mass is 422 g/mol. The Kier molecular flexibility index (Phi) is 5.66. The lowest BCUT2D eigenvalue weighted by molar-refractivity contribution is -0.137. The fourth-order valence-corrected chi connectivity index (χ4v) is 3.42. The van der Waals surface area contributed by atoms with Crippen molar-refractivity contribution >= 4 is 5.97 Å². The molecule has 0 bridgehead atoms. The number of carbonyl (C=O) groups is 1. The van der Waals surface area contributed by atoms with Crippen LogP contribution in [-0.4, -0.2) is 44.3 Å². The van der Waals surface area contributed by atoms with Crippen LogP contribution >= 0.6 is 0 Å². The first-order chi connectivity index (χ1) is 14.9. The first-order valence-corrected chi connectivity index (χ1v) is 9.83. The van der Waals surface area contributed by atoms with Crippen molar-refractivity contribution in [1.29, 1.82) is 0 Å². The zero-order chi connectivity index (χ0) is 22.0. The second kappa shape index (κ2) is 8.55. The molecule has 2 atom stereocenters. The zero-order valence-electron chi connectivity index (χ0n) is 17.2. The van der Waals surface area contributed by atoms with Crippen molar-refractivity contribution < 1.29 is 19.4 Å². The van der Waals surface area contributed by atoms with Crippen LogP contribution in [0.2, 0.25) is 0 Å². The number of ether oxygens (including phenoxy) is 2. The minimum Gasteiger partial charge on any atom is -0.495 e. The Hall–Kier alpha value is -3.75. The Morgan fingerprint density at radius 1 is 1.26 bits per heavy atom. The first-order valence-electron chi connectivity index (χ1n) is 9.83. The second-order valence-corrected chi connectivity index (χ2v) is 7.45. The molecule has 1 aliphatic carbocycles. The number of carboxylic acid groups (broad SMARTS) is 1. The SMILES string of the molecule is COc1ccc(C2CC2COc2nc(C)ncc2-c2ccn(CC(=O)O)c(=O)c2)nc1. The van der Waals surface area contributed by atoms with Gasteiger partial charge >= 0.3 is 5.97 Å². The summed E-state index contributed by atoms with van der Waals surface area (Å²) in [5, 5.41) is 8.90. The summed E-state index contributed by atoms with van der Waals surface area (Å²) in [5.74, 6) is 1.26. The van der Waals surface area contributed by atoms with E-state index < -0.39 is 18.1 Å². The molecule has 0 aliphatic heterocycles. The number of aliphatic carboxylic acids is 1. The summed E-state index contributed by atoms with van der Waals surface area (Å²) >= 11 is 0. The van der Waals surface area contributed by atoms with Gasteiger partial charge in [0.2, 0.25) is 5.88 Å². The van der Waals surface area contributed by atoms with Gasteiger partial charge in [-0.05, 0) is 37.1 Å². The summed E-state index contributed by atoms with van der Waals surface area (Å²) in [6.07, 6.45) is 5.75. The van der Waals surface area contributed by atoms with E-state index in [1.165, 1.54) is 12.3 Å². The summed E-state index contributed by atoms with van der Waals surface area (Å²) in [5.41, 5.74) is 1.76. The molecule has 4 rings (SSSR count). The Balaban J connectivity index is 1.48. The van der Waals surface area contributed by atoms with Crippen LogP contribution in [0, 0.1) is 12.8 Å². The molecule has 9 nitrogen and oxygen atoms in total. The van der Waals surface area contributed by atoms with E-state index in [1.54, 1.807) is 32.5 Å². The molecule has 9 heteroatoms. The summed E-state index contributed by atoms with van der Waals surface area (Å²) in [6.45, 7) is 1.84. The van der Waals surface area contributed by atoms with Crippen molar-refractivity contribution in [3.63, 3.8) is 0 Å². The summed E-state index contributed by atoms with van der Waals surface area (Å²) in [7, 11) is 1.61. The van der Waals surface area contributed by atoms with Crippen LogP contribution in [0.15, 0.2) is 47.7 Å². The maximum Gasteiger partial charge on any atom is 0.323 e. The van der Waals surface area contributed by atoms with Gasteiger partial charge in [-0.2, -0.15) is 4.98 Å². The average Bonchev–Trinajstić information content (AvgIpc) is 3.53. The Morgan fingerprint density at radius 2 is 2.10 bits per heavy atom. The van der Waals surface area contributed by atoms with Crippen molar-refractivity contribution in [1.82, 2.24) is 19.5 Å². The van der Waals surface area contributed by atoms with E-state index in [0.29, 0.717) is 41.3 Å². The molecule has 1 N–H and O–H groups in total. The van der Waals surface area contributed by atoms with Crippen molar-refractivity contribution in [2.24, 2.45) is 5.92 Å². The summed E-state index contributed by atoms with van der Waals surface area (Å²) in [6, 6.07) is 6.89. The van der Waals surface area contributed by atoms with Gasteiger partial charge in [0, 0.05) is 36.0 Å². The minimum absolute atomic E-state index is 0.326. The third kappa shape index (κ3) is 4.71. The first kappa shape index (κ1) is 20.5. The maximum atomic E-state index is 12.3. The van der Waals surface area contributed by atoms with Gasteiger partial charge in [-0.15, -0.1) is 0 Å². The largest absolute Gasteiger partial charge is 0.495 e. The number of hydrogen-bond donors (Lipinski definition) is 1. The number of pyridine rings is 2. The standard InChI is InChI=1S/C22H22N4O5/c1-13-23-10-18(14-5-6-26(11-21(28)29)20(27)8-14)22(25-13)31-12-15-7-17(15)19-4-3-16(30-2)9-24-19/h3-6,8-10,15,17H,7,11-12H2,1-2H3,(H,28,29). The highest BCUT2D eigenvalue weighted by atomic mass is 16.5. The second-order valence-electron chi connectivity index (χ2n) is 7.45. The number of methoxy groups -OCH3 is 1. The summed E-state index contributed by atoms with van der Waals surface area (Å²) in [4.78, 5) is 36.2. The quantitative estimate of drug-likeness (QED) is 0.588. The highest BCUT2D eigenvalue weighted by molar-refractivity contribution is 5.68. The van der Waals surface area contributed by atoms with Gasteiger partial charge in [-0.1, -0.05) is 0 Å². The maximum absolute atomic E-state index is 12.3. The molecule has 2 unspecified atom stereocenters. The molecule has 1 fully saturated rings. The van der Waals surface area contributed by atoms with Gasteiger partial charge in [0.25, 0.3) is 5.56 Å². The highest BCUT2D eigenvalue weighted by Crippen LogP contribution is 2.47. The Morgan fingerprint density at radius 3 is 2.77 bits per heavy atom. The molecule has 0 aromatic carbocycles. The van der Waals surface area contributed by atoms with Crippen LogP contribution in [-0.2, 0) is 11.3 Å². The predicted molar refractivity (Wildman–Crippen MR) is 111 cm³/mol. The number of aryl methyl sites for hydroxylation is 1. The average molecular weight is 422 g/mol. The van der Waals surface area contributed by atoms with Crippen molar-refractivity contribution in [2.45, 2.75) is 25.8 Å². The minimum atomic E-state index is -1.08. The van der Waals surface area contributed by atoms with Crippen LogP contribution < -0.4 is 15.0 Å². The molecule has 160 valence electrons. The van der Waals surface area contributed by atoms with E-state index in [4.69, 9.17) is 14.6 Å². The molecule has 0 spiro atoms. The molecular weight excluding hydrogens is 400 g/mol. The third-order valence-electron chi connectivity index (χ3n) is 5.22. The molecular formula is C22H22N4O5. The van der Waals surface area contributed by atoms with Crippen LogP contribution in [0.25, 0.3) is 11.1 Å². The fraction of sp³-hybridized carbons (Fsp3) is 0.318. The van der Waals surface area contributed by atoms with Gasteiger partial charge in [0.05, 0.1) is 25.5 Å². The van der Waals surface area contributed by atoms with E-state index in [-0.39, 0.29) is 0 Å². The predicted octanol–water partition coefficient (Wildman–Crippen LogP) is 2.28. The van der Waals surface area contributed by atoms with Crippen LogP contribution in [0.1, 0.15) is 23.9 Å². The van der Waals surface area contributed by atoms with Crippen molar-refractivity contribution in [3.8, 4) is 22.8 Å². The normalized spacial score (nSPS) is 17.2. The van der Waals surface area contributed by atoms with E-state index >= 15 is 0 Å². The molecule has 31 heavy (non-hydrogen) atoms. The van der Waals surface area contributed by atoms with E-state index in [9.17, 15) is 9.59 Å². The van der Waals surface area contributed by atoms with Crippen molar-refractivity contribution in [2.75, 3.05) is 13.7 Å². The van der Waals surface area contributed by atoms with Gasteiger partial charge < -0.3 is 19.1 Å². The zero-order valence-corrected chi connectivity index (χ0v) is 17.2. The third-order valence-corrected chi connectivity index (χ3v) is 5.22. The van der Waals surface area contributed by atoms with Crippen LogP contribution in [0.5, 0.6) is 11.6 Å². The number of aromatic nitrogens is 4. The van der Waals surface area contributed by atoms with Crippen LogP contribution in [0.4, 0.5) is 0 Å². The smallest absolute Gasteiger partial charge is 0.323 e. The number of nitrogens with zero attached hydrogens (tertiary/aromatic N) is 4. The lowest BCUT2D eigenvalue weighted by Crippen LogP contribution is -2.22. The molecule has 1 saturated carbocycles. The topological polar surface area (TPSA) is 116 Å². The van der Waals surface area contributed by atoms with Gasteiger partial charge in [-0.3, -0.25) is 14.6 Å². The summed E-state index contributed by atoms with van der Waals surface area (Å²) < 4.78 is 12.3. The lowest BCUT2D eigenvalue weighted by atomic mass is 10.1. The highest BCUT2D eigenvalue weighted by Gasteiger charge is 2.40. The number of carboxylic acids is 1. The van der Waals surface area contributed by atoms with E-state index in [1.807, 2.05) is 12.1 Å². The molecule has 0 radical (unpaired) electrons. The van der Waals surface area contributed by atoms with Gasteiger partial charge in [0.15, 0.2) is 0 Å².